The molecule has 3 amide bonds. The molecule has 10 heteroatoms. The van der Waals surface area contributed by atoms with Gasteiger partial charge in [-0.2, -0.15) is 0 Å². The number of methoxy groups -OCH3 is 1. The number of piperidine rings is 1. The summed E-state index contributed by atoms with van der Waals surface area (Å²) in [4.78, 5) is 65.0. The molecule has 3 aliphatic rings. The number of rotatable bonds is 11. The largest absolute Gasteiger partial charge is 0.453 e. The van der Waals surface area contributed by atoms with E-state index in [1.807, 2.05) is 86.5 Å². The molecule has 276 valence electrons. The lowest BCUT2D eigenvalue weighted by molar-refractivity contribution is -0.144. The molecule has 1 saturated carbocycles. The summed E-state index contributed by atoms with van der Waals surface area (Å²) in [7, 11) is 1.28. The van der Waals surface area contributed by atoms with Gasteiger partial charge in [0.1, 0.15) is 11.9 Å². The Morgan fingerprint density at radius 1 is 0.868 bits per heavy atom. The zero-order valence-electron chi connectivity index (χ0n) is 31.0. The highest BCUT2D eigenvalue weighted by Gasteiger charge is 2.52. The number of alkyl carbamates (subject to hydrolysis) is 1. The second kappa shape index (κ2) is 15.4. The summed E-state index contributed by atoms with van der Waals surface area (Å²) in [5, 5.41) is 2.69. The number of fused-ring (bicyclic) bond motifs is 2. The number of hydrogen-bond acceptors (Lipinski definition) is 6. The Balaban J connectivity index is 0.990. The number of ether oxygens (including phenoxy) is 1. The van der Waals surface area contributed by atoms with E-state index in [4.69, 9.17) is 9.72 Å². The number of ketones is 1. The number of H-pyrrole nitrogens is 1. The second-order valence-electron chi connectivity index (χ2n) is 15.2. The quantitative estimate of drug-likeness (QED) is 0.171. The van der Waals surface area contributed by atoms with Crippen LogP contribution in [0.3, 0.4) is 0 Å². The molecule has 2 N–H and O–H groups in total. The van der Waals surface area contributed by atoms with Crippen LogP contribution in [0, 0.1) is 11.8 Å². The van der Waals surface area contributed by atoms with Crippen LogP contribution in [0.2, 0.25) is 0 Å². The maximum Gasteiger partial charge on any atom is 0.407 e. The van der Waals surface area contributed by atoms with Crippen molar-refractivity contribution >= 4 is 23.7 Å². The number of nitrogens with zero attached hydrogens (tertiary/aromatic N) is 3. The summed E-state index contributed by atoms with van der Waals surface area (Å²) >= 11 is 0. The Bertz CT molecular complexity index is 1940. The lowest BCUT2D eigenvalue weighted by Gasteiger charge is -2.37. The maximum absolute atomic E-state index is 13.8. The van der Waals surface area contributed by atoms with Crippen molar-refractivity contribution in [3.05, 3.63) is 102 Å². The number of benzene rings is 3. The van der Waals surface area contributed by atoms with E-state index in [1.165, 1.54) is 7.11 Å². The van der Waals surface area contributed by atoms with E-state index < -0.39 is 18.2 Å². The van der Waals surface area contributed by atoms with Crippen LogP contribution < -0.4 is 5.32 Å². The number of aromatic amines is 1. The van der Waals surface area contributed by atoms with Gasteiger partial charge in [-0.1, -0.05) is 92.7 Å². The van der Waals surface area contributed by atoms with Crippen LogP contribution in [-0.4, -0.2) is 75.2 Å². The maximum atomic E-state index is 13.8. The van der Waals surface area contributed by atoms with Crippen LogP contribution >= 0.6 is 0 Å². The van der Waals surface area contributed by atoms with Gasteiger partial charge in [-0.15, -0.1) is 0 Å². The zero-order valence-corrected chi connectivity index (χ0v) is 31.0. The SMILES string of the molecule is COC(=O)N[C@H](C(=O)N1C(C(=O)Cc2ccc(-c3ccc(-c4cnc([C@@H]5CCCN5C(=O)[C@H](C)c5ccccc5)[nH]4)cc3)cc2)[C@@H]2CC[C@H]1C2)C(C)C. The number of aromatic nitrogens is 2. The van der Waals surface area contributed by atoms with Gasteiger partial charge in [0.25, 0.3) is 0 Å². The van der Waals surface area contributed by atoms with Gasteiger partial charge in [-0.3, -0.25) is 14.4 Å². The third kappa shape index (κ3) is 7.36. The van der Waals surface area contributed by atoms with E-state index in [2.05, 4.69) is 34.6 Å². The van der Waals surface area contributed by atoms with Crippen LogP contribution in [0.4, 0.5) is 4.79 Å². The molecule has 2 aliphatic heterocycles. The molecule has 0 spiro atoms. The second-order valence-corrected chi connectivity index (χ2v) is 15.2. The molecule has 53 heavy (non-hydrogen) atoms. The van der Waals surface area contributed by atoms with Gasteiger partial charge >= 0.3 is 6.09 Å². The number of amides is 3. The lowest BCUT2D eigenvalue weighted by atomic mass is 9.90. The van der Waals surface area contributed by atoms with Crippen LogP contribution in [0.1, 0.15) is 81.8 Å². The summed E-state index contributed by atoms with van der Waals surface area (Å²) in [6, 6.07) is 25.0. The van der Waals surface area contributed by atoms with E-state index in [9.17, 15) is 19.2 Å². The summed E-state index contributed by atoms with van der Waals surface area (Å²) in [5.74, 6) is 0.568. The Morgan fingerprint density at radius 3 is 2.23 bits per heavy atom. The molecule has 3 aromatic carbocycles. The average Bonchev–Trinajstić information content (AvgIpc) is 4.02. The molecule has 3 fully saturated rings. The van der Waals surface area contributed by atoms with Crippen LogP contribution in [0.15, 0.2) is 85.1 Å². The normalized spacial score (nSPS) is 21.8. The van der Waals surface area contributed by atoms with Gasteiger partial charge < -0.3 is 24.8 Å². The molecular weight excluding hydrogens is 667 g/mol. The molecule has 4 aromatic rings. The minimum absolute atomic E-state index is 0.0243. The molecule has 3 heterocycles. The summed E-state index contributed by atoms with van der Waals surface area (Å²) in [5.41, 5.74) is 5.93. The van der Waals surface area contributed by atoms with Crippen LogP contribution in [-0.2, 0) is 25.5 Å². The monoisotopic (exact) mass is 715 g/mol. The molecule has 6 atom stereocenters. The number of imidazole rings is 1. The highest BCUT2D eigenvalue weighted by atomic mass is 16.5. The smallest absolute Gasteiger partial charge is 0.407 e. The van der Waals surface area contributed by atoms with Gasteiger partial charge in [-0.25, -0.2) is 9.78 Å². The van der Waals surface area contributed by atoms with Crippen LogP contribution in [0.5, 0.6) is 0 Å². The Labute approximate surface area is 311 Å². The molecule has 1 aliphatic carbocycles. The number of Topliss-reactive ketones (excluding diaryl/α,β-unsaturated/α-hetero) is 1. The fourth-order valence-electron chi connectivity index (χ4n) is 8.64. The van der Waals surface area contributed by atoms with E-state index >= 15 is 0 Å². The van der Waals surface area contributed by atoms with Crippen molar-refractivity contribution in [2.24, 2.45) is 11.8 Å². The number of nitrogens with one attached hydrogen (secondary N) is 2. The van der Waals surface area contributed by atoms with E-state index in [-0.39, 0.29) is 53.9 Å². The first kappa shape index (κ1) is 36.1. The first-order valence-corrected chi connectivity index (χ1v) is 18.9. The third-order valence-electron chi connectivity index (χ3n) is 11.5. The molecule has 1 unspecified atom stereocenters. The minimum Gasteiger partial charge on any atom is -0.453 e. The van der Waals surface area contributed by atoms with Crippen molar-refractivity contribution < 1.29 is 23.9 Å². The first-order chi connectivity index (χ1) is 25.6. The molecular formula is C43H49N5O5. The highest BCUT2D eigenvalue weighted by Crippen LogP contribution is 2.44. The van der Waals surface area contributed by atoms with E-state index in [1.54, 1.807) is 4.90 Å². The predicted molar refractivity (Wildman–Crippen MR) is 203 cm³/mol. The Kier molecular flexibility index (Phi) is 10.5. The number of carbonyl (C=O) groups is 4. The van der Waals surface area contributed by atoms with Crippen molar-refractivity contribution in [2.75, 3.05) is 13.7 Å². The molecule has 7 rings (SSSR count). The summed E-state index contributed by atoms with van der Waals surface area (Å²) in [6.07, 6.45) is 5.91. The number of likely N-dealkylation sites (tertiary alicyclic amines) is 2. The fourth-order valence-corrected chi connectivity index (χ4v) is 8.64. The van der Waals surface area contributed by atoms with Crippen molar-refractivity contribution in [2.45, 2.75) is 89.4 Å². The summed E-state index contributed by atoms with van der Waals surface area (Å²) < 4.78 is 4.77. The molecule has 10 nitrogen and oxygen atoms in total. The lowest BCUT2D eigenvalue weighted by Crippen LogP contribution is -2.57. The summed E-state index contributed by atoms with van der Waals surface area (Å²) in [6.45, 7) is 6.47. The van der Waals surface area contributed by atoms with Crippen molar-refractivity contribution in [1.29, 1.82) is 0 Å². The van der Waals surface area contributed by atoms with E-state index in [0.717, 1.165) is 78.0 Å². The molecule has 2 bridgehead atoms. The molecule has 1 aromatic heterocycles. The van der Waals surface area contributed by atoms with Crippen LogP contribution in [0.25, 0.3) is 22.4 Å². The van der Waals surface area contributed by atoms with Gasteiger partial charge in [0.15, 0.2) is 5.78 Å². The van der Waals surface area contributed by atoms with Crippen molar-refractivity contribution in [3.63, 3.8) is 0 Å². The van der Waals surface area contributed by atoms with Gasteiger partial charge in [0.2, 0.25) is 11.8 Å². The average molecular weight is 716 g/mol. The number of carbonyl (C=O) groups excluding carboxylic acids is 4. The molecule has 0 radical (unpaired) electrons. The fraction of sp³-hybridized carbons (Fsp3) is 0.419. The van der Waals surface area contributed by atoms with Gasteiger partial charge in [0, 0.05) is 19.0 Å². The minimum atomic E-state index is -0.750. The predicted octanol–water partition coefficient (Wildman–Crippen LogP) is 7.08. The van der Waals surface area contributed by atoms with Gasteiger partial charge in [-0.05, 0) is 78.7 Å². The van der Waals surface area contributed by atoms with E-state index in [0.29, 0.717) is 0 Å². The Morgan fingerprint density at radius 2 is 1.55 bits per heavy atom. The molecule has 2 saturated heterocycles. The Hall–Kier alpha value is -5.25. The van der Waals surface area contributed by atoms with Crippen molar-refractivity contribution in [3.8, 4) is 22.4 Å². The topological polar surface area (TPSA) is 125 Å². The number of hydrogen-bond donors (Lipinski definition) is 2. The third-order valence-corrected chi connectivity index (χ3v) is 11.5. The standard InChI is InChI=1S/C43H49N5O5/c1-26(2)38(46-43(52)53-4)42(51)48-34-21-20-33(24-34)39(48)37(49)23-28-12-14-30(15-13-28)31-16-18-32(19-17-31)35-25-44-40(45-35)36-11-8-22-47(36)41(50)27(3)29-9-6-5-7-10-29/h5-7,9-10,12-19,25-27,33-34,36,38-39H,8,11,20-24H2,1-4H3,(H,44,45)(H,46,52)/t27-,33-,34+,36+,38+,39?/m1/s1. The highest BCUT2D eigenvalue weighted by molar-refractivity contribution is 5.94. The first-order valence-electron chi connectivity index (χ1n) is 18.9. The zero-order chi connectivity index (χ0) is 37.2. The van der Waals surface area contributed by atoms with Crippen molar-refractivity contribution in [1.82, 2.24) is 25.1 Å². The van der Waals surface area contributed by atoms with Gasteiger partial charge in [0.05, 0.1) is 37.0 Å².